The Kier molecular flexibility index (Phi) is 9.75. The zero-order valence-corrected chi connectivity index (χ0v) is 22.0. The molecule has 2 aromatic rings. The minimum absolute atomic E-state index is 0.104. The Balaban J connectivity index is 2.52. The van der Waals surface area contributed by atoms with Crippen LogP contribution < -0.4 is 10.6 Å². The number of amides is 3. The van der Waals surface area contributed by atoms with E-state index in [-0.39, 0.29) is 11.0 Å². The number of rotatable bonds is 5. The van der Waals surface area contributed by atoms with E-state index in [1.807, 2.05) is 0 Å². The fourth-order valence-electron chi connectivity index (χ4n) is 3.32. The number of carbonyl (C=O) groups excluding carboxylic acids is 3. The lowest BCUT2D eigenvalue weighted by Crippen LogP contribution is -2.50. The van der Waals surface area contributed by atoms with Crippen molar-refractivity contribution >= 4 is 45.0 Å². The average molecular weight is 712 g/mol. The summed E-state index contributed by atoms with van der Waals surface area (Å²) in [6.45, 7) is -1.89. The summed E-state index contributed by atoms with van der Waals surface area (Å²) in [5.74, 6) is -7.30. The third-order valence-electron chi connectivity index (χ3n) is 5.26. The molecule has 6 nitrogen and oxygen atoms in total. The number of hydrogen-bond acceptors (Lipinski definition) is 3. The minimum atomic E-state index is -6.80. The highest BCUT2D eigenvalue weighted by molar-refractivity contribution is 9.10. The molecule has 0 saturated carbocycles. The van der Waals surface area contributed by atoms with Crippen LogP contribution >= 0.6 is 15.9 Å². The van der Waals surface area contributed by atoms with Crippen molar-refractivity contribution in [3.63, 3.8) is 0 Å². The van der Waals surface area contributed by atoms with Crippen molar-refractivity contribution in [1.29, 1.82) is 0 Å². The summed E-state index contributed by atoms with van der Waals surface area (Å²) in [5, 5.41) is 2.94. The molecule has 3 amide bonds. The van der Waals surface area contributed by atoms with Gasteiger partial charge in [-0.1, -0.05) is 6.07 Å². The van der Waals surface area contributed by atoms with Gasteiger partial charge in [-0.25, -0.2) is 8.78 Å². The SMILES string of the molecule is CN(CC(F)(F)F)C(=O)C(=O)Nc1cccc(C(=O)Nc2c(Br)cc(C(F)(C(F)(F)F)C(F)(F)F)cc2C(F)(F)F)c1F. The number of nitrogens with zero attached hydrogens (tertiary/aromatic N) is 1. The minimum Gasteiger partial charge on any atom is -0.328 e. The van der Waals surface area contributed by atoms with Gasteiger partial charge in [-0.2, -0.15) is 52.7 Å². The molecule has 238 valence electrons. The van der Waals surface area contributed by atoms with Gasteiger partial charge in [0, 0.05) is 17.1 Å². The first-order valence-corrected chi connectivity index (χ1v) is 11.5. The van der Waals surface area contributed by atoms with Gasteiger partial charge in [0.2, 0.25) is 0 Å². The van der Waals surface area contributed by atoms with Crippen molar-refractivity contribution in [1.82, 2.24) is 4.90 Å². The van der Waals surface area contributed by atoms with Gasteiger partial charge in [0.1, 0.15) is 6.54 Å². The lowest BCUT2D eigenvalue weighted by atomic mass is 9.92. The second-order valence-electron chi connectivity index (χ2n) is 8.38. The molecule has 0 atom stereocenters. The number of nitrogens with one attached hydrogen (secondary N) is 2. The van der Waals surface area contributed by atoms with Crippen molar-refractivity contribution in [3.05, 3.63) is 57.3 Å². The summed E-state index contributed by atoms with van der Waals surface area (Å²) in [7, 11) is 0.563. The highest BCUT2D eigenvalue weighted by Crippen LogP contribution is 2.55. The van der Waals surface area contributed by atoms with Gasteiger partial charge in [0.05, 0.1) is 22.5 Å². The highest BCUT2D eigenvalue weighted by Gasteiger charge is 2.73. The van der Waals surface area contributed by atoms with Gasteiger partial charge in [-0.05, 0) is 40.2 Å². The number of benzene rings is 2. The molecule has 0 bridgehead atoms. The smallest absolute Gasteiger partial charge is 0.328 e. The first kappa shape index (κ1) is 35.5. The molecule has 2 rings (SSSR count). The van der Waals surface area contributed by atoms with Crippen LogP contribution in [0.15, 0.2) is 34.8 Å². The van der Waals surface area contributed by atoms with E-state index in [0.717, 1.165) is 6.07 Å². The second kappa shape index (κ2) is 11.8. The summed E-state index contributed by atoms with van der Waals surface area (Å²) < 4.78 is 185. The van der Waals surface area contributed by atoms with Crippen LogP contribution in [0.3, 0.4) is 0 Å². The summed E-state index contributed by atoms with van der Waals surface area (Å²) in [6.07, 6.45) is -24.4. The molecule has 0 heterocycles. The van der Waals surface area contributed by atoms with E-state index in [9.17, 15) is 75.8 Å². The monoisotopic (exact) mass is 711 g/mol. The van der Waals surface area contributed by atoms with Crippen LogP contribution in [0.1, 0.15) is 21.5 Å². The molecule has 0 saturated heterocycles. The normalized spacial score (nSPS) is 13.0. The van der Waals surface area contributed by atoms with Gasteiger partial charge < -0.3 is 15.5 Å². The number of carbonyl (C=O) groups is 3. The molecule has 0 aliphatic rings. The first-order valence-electron chi connectivity index (χ1n) is 10.7. The topological polar surface area (TPSA) is 78.5 Å². The van der Waals surface area contributed by atoms with Crippen LogP contribution in [-0.2, 0) is 21.4 Å². The lowest BCUT2D eigenvalue weighted by Gasteiger charge is -2.31. The van der Waals surface area contributed by atoms with E-state index < -0.39 is 99.1 Å². The van der Waals surface area contributed by atoms with Gasteiger partial charge in [0.25, 0.3) is 5.91 Å². The Morgan fingerprint density at radius 2 is 1.37 bits per heavy atom. The summed E-state index contributed by atoms with van der Waals surface area (Å²) in [4.78, 5) is 36.3. The molecular formula is C22H12BrF14N3O3. The van der Waals surface area contributed by atoms with Crippen molar-refractivity contribution in [3.8, 4) is 0 Å². The third-order valence-corrected chi connectivity index (χ3v) is 5.89. The Morgan fingerprint density at radius 3 is 1.84 bits per heavy atom. The summed E-state index contributed by atoms with van der Waals surface area (Å²) >= 11 is 2.24. The number of anilines is 2. The van der Waals surface area contributed by atoms with Gasteiger partial charge >= 0.3 is 42.2 Å². The molecule has 0 aliphatic heterocycles. The second-order valence-corrected chi connectivity index (χ2v) is 9.24. The summed E-state index contributed by atoms with van der Waals surface area (Å²) in [6, 6.07) is 0.791. The standard InChI is InChI=1S/C22H12BrF14N3O3/c1-40(7-18(25,26)27)17(43)16(42)38-12-4-2-3-9(13(12)24)15(41)39-14-10(20(29,30)31)5-8(6-11(14)23)19(28,21(32,33)34)22(35,36)37/h2-6H,7H2,1H3,(H,38,42)(H,39,41). The van der Waals surface area contributed by atoms with Gasteiger partial charge in [-0.15, -0.1) is 0 Å². The van der Waals surface area contributed by atoms with Crippen LogP contribution in [0.4, 0.5) is 72.8 Å². The van der Waals surface area contributed by atoms with Crippen LogP contribution in [0.5, 0.6) is 0 Å². The third kappa shape index (κ3) is 7.66. The lowest BCUT2D eigenvalue weighted by molar-refractivity contribution is -0.348. The van der Waals surface area contributed by atoms with Crippen molar-refractivity contribution in [2.24, 2.45) is 0 Å². The van der Waals surface area contributed by atoms with E-state index >= 15 is 0 Å². The Morgan fingerprint density at radius 1 is 0.837 bits per heavy atom. The zero-order valence-electron chi connectivity index (χ0n) is 20.4. The zero-order chi connectivity index (χ0) is 33.5. The van der Waals surface area contributed by atoms with Crippen molar-refractivity contribution in [2.75, 3.05) is 24.2 Å². The quantitative estimate of drug-likeness (QED) is 0.257. The number of alkyl halides is 13. The molecule has 2 N–H and O–H groups in total. The largest absolute Gasteiger partial charge is 0.435 e. The first-order chi connectivity index (χ1) is 19.2. The highest BCUT2D eigenvalue weighted by atomic mass is 79.9. The van der Waals surface area contributed by atoms with Gasteiger partial charge in [-0.3, -0.25) is 14.4 Å². The fraction of sp³-hybridized carbons (Fsp3) is 0.318. The predicted octanol–water partition coefficient (Wildman–Crippen LogP) is 7.11. The molecule has 21 heteroatoms. The van der Waals surface area contributed by atoms with Crippen LogP contribution in [0.25, 0.3) is 0 Å². The molecule has 0 unspecified atom stereocenters. The number of hydrogen-bond donors (Lipinski definition) is 2. The van der Waals surface area contributed by atoms with Gasteiger partial charge in [0.15, 0.2) is 5.82 Å². The Bertz CT molecular complexity index is 1400. The van der Waals surface area contributed by atoms with E-state index in [1.165, 1.54) is 10.6 Å². The molecule has 0 aliphatic carbocycles. The molecule has 0 spiro atoms. The number of likely N-dealkylation sites (N-methyl/N-ethyl adjacent to an activating group) is 1. The van der Waals surface area contributed by atoms with E-state index in [0.29, 0.717) is 19.2 Å². The maximum absolute atomic E-state index is 14.9. The maximum Gasteiger partial charge on any atom is 0.435 e. The van der Waals surface area contributed by atoms with Crippen LogP contribution in [-0.4, -0.2) is 54.7 Å². The molecule has 43 heavy (non-hydrogen) atoms. The molecule has 0 aromatic heterocycles. The van der Waals surface area contributed by atoms with E-state index in [4.69, 9.17) is 0 Å². The molecular weight excluding hydrogens is 700 g/mol. The molecule has 2 aromatic carbocycles. The van der Waals surface area contributed by atoms with Crippen LogP contribution in [0, 0.1) is 5.82 Å². The van der Waals surface area contributed by atoms with E-state index in [2.05, 4.69) is 15.9 Å². The average Bonchev–Trinajstić information content (AvgIpc) is 2.81. The van der Waals surface area contributed by atoms with Crippen molar-refractivity contribution < 1.29 is 75.8 Å². The summed E-state index contributed by atoms with van der Waals surface area (Å²) in [5.41, 5.74) is -15.1. The Labute approximate surface area is 238 Å². The van der Waals surface area contributed by atoms with Crippen LogP contribution in [0.2, 0.25) is 0 Å². The Hall–Kier alpha value is -3.65. The predicted molar refractivity (Wildman–Crippen MR) is 121 cm³/mol. The van der Waals surface area contributed by atoms with E-state index in [1.54, 1.807) is 0 Å². The van der Waals surface area contributed by atoms with Crippen molar-refractivity contribution in [2.45, 2.75) is 30.4 Å². The maximum atomic E-state index is 14.9. The number of halogens is 15. The fourth-order valence-corrected chi connectivity index (χ4v) is 3.88. The molecule has 0 radical (unpaired) electrons. The molecule has 0 fully saturated rings.